The average molecular weight is 304 g/mol. The highest BCUT2D eigenvalue weighted by molar-refractivity contribution is 7.98. The first kappa shape index (κ1) is 14.4. The molecule has 1 aliphatic carbocycles. The average Bonchev–Trinajstić information content (AvgIpc) is 2.96. The van der Waals surface area contributed by atoms with E-state index in [2.05, 4.69) is 5.32 Å². The van der Waals surface area contributed by atoms with Crippen molar-refractivity contribution >= 4 is 29.3 Å². The Hall–Kier alpha value is -1.49. The SMILES string of the molecule is CSc1ccc(N2C(=O)C3(CCCC3)NC(=O)C2C)cc1. The zero-order valence-corrected chi connectivity index (χ0v) is 13.2. The van der Waals surface area contributed by atoms with Crippen LogP contribution in [0.4, 0.5) is 5.69 Å². The first-order valence-electron chi connectivity index (χ1n) is 7.37. The third-order valence-electron chi connectivity index (χ3n) is 4.57. The predicted octanol–water partition coefficient (Wildman–Crippen LogP) is 2.57. The second kappa shape index (κ2) is 5.37. The Labute approximate surface area is 129 Å². The van der Waals surface area contributed by atoms with Crippen LogP contribution in [0.1, 0.15) is 32.6 Å². The smallest absolute Gasteiger partial charge is 0.253 e. The van der Waals surface area contributed by atoms with Crippen LogP contribution in [0.25, 0.3) is 0 Å². The number of rotatable bonds is 2. The fourth-order valence-electron chi connectivity index (χ4n) is 3.32. The van der Waals surface area contributed by atoms with Crippen LogP contribution in [0.2, 0.25) is 0 Å². The van der Waals surface area contributed by atoms with Crippen LogP contribution in [0.5, 0.6) is 0 Å². The van der Waals surface area contributed by atoms with Crippen molar-refractivity contribution < 1.29 is 9.59 Å². The summed E-state index contributed by atoms with van der Waals surface area (Å²) in [4.78, 5) is 28.1. The van der Waals surface area contributed by atoms with Crippen molar-refractivity contribution in [3.63, 3.8) is 0 Å². The van der Waals surface area contributed by atoms with Gasteiger partial charge in [-0.1, -0.05) is 12.8 Å². The molecule has 1 aliphatic heterocycles. The van der Waals surface area contributed by atoms with Gasteiger partial charge in [-0.15, -0.1) is 11.8 Å². The molecule has 112 valence electrons. The van der Waals surface area contributed by atoms with Crippen LogP contribution in [-0.4, -0.2) is 29.7 Å². The molecule has 2 aliphatic rings. The van der Waals surface area contributed by atoms with Gasteiger partial charge in [-0.3, -0.25) is 14.5 Å². The fraction of sp³-hybridized carbons (Fsp3) is 0.500. The van der Waals surface area contributed by atoms with Gasteiger partial charge in [0, 0.05) is 10.6 Å². The number of thioether (sulfide) groups is 1. The molecule has 3 rings (SSSR count). The van der Waals surface area contributed by atoms with E-state index in [1.165, 1.54) is 0 Å². The summed E-state index contributed by atoms with van der Waals surface area (Å²) in [6, 6.07) is 7.40. The summed E-state index contributed by atoms with van der Waals surface area (Å²) in [5, 5.41) is 2.98. The van der Waals surface area contributed by atoms with E-state index < -0.39 is 11.6 Å². The standard InChI is InChI=1S/C16H20N2O2S/c1-11-14(19)17-16(9-3-4-10-16)15(20)18(11)12-5-7-13(21-2)8-6-12/h5-8,11H,3-4,9-10H2,1-2H3,(H,17,19). The lowest BCUT2D eigenvalue weighted by atomic mass is 9.90. The molecular formula is C16H20N2O2S. The number of anilines is 1. The molecule has 1 aromatic carbocycles. The van der Waals surface area contributed by atoms with Gasteiger partial charge >= 0.3 is 0 Å². The van der Waals surface area contributed by atoms with Crippen molar-refractivity contribution in [2.75, 3.05) is 11.2 Å². The number of carbonyl (C=O) groups excluding carboxylic acids is 2. The Morgan fingerprint density at radius 3 is 2.38 bits per heavy atom. The molecule has 1 spiro atoms. The summed E-state index contributed by atoms with van der Waals surface area (Å²) >= 11 is 1.66. The van der Waals surface area contributed by atoms with Crippen molar-refractivity contribution in [3.8, 4) is 0 Å². The quantitative estimate of drug-likeness (QED) is 0.854. The summed E-state index contributed by atoms with van der Waals surface area (Å²) in [5.74, 6) is -0.00514. The molecular weight excluding hydrogens is 284 g/mol. The van der Waals surface area contributed by atoms with Crippen molar-refractivity contribution in [2.24, 2.45) is 0 Å². The molecule has 4 nitrogen and oxygen atoms in total. The Balaban J connectivity index is 1.97. The van der Waals surface area contributed by atoms with Gasteiger partial charge in [-0.2, -0.15) is 0 Å². The Kier molecular flexibility index (Phi) is 3.69. The molecule has 5 heteroatoms. The number of hydrogen-bond acceptors (Lipinski definition) is 3. The van der Waals surface area contributed by atoms with E-state index in [-0.39, 0.29) is 11.8 Å². The largest absolute Gasteiger partial charge is 0.340 e. The van der Waals surface area contributed by atoms with Crippen LogP contribution < -0.4 is 10.2 Å². The molecule has 1 atom stereocenters. The first-order chi connectivity index (χ1) is 10.1. The Bertz CT molecular complexity index is 564. The van der Waals surface area contributed by atoms with Gasteiger partial charge in [-0.25, -0.2) is 0 Å². The fourth-order valence-corrected chi connectivity index (χ4v) is 3.73. The number of hydrogen-bond donors (Lipinski definition) is 1. The van der Waals surface area contributed by atoms with E-state index in [1.807, 2.05) is 30.5 Å². The maximum absolute atomic E-state index is 13.0. The third kappa shape index (κ3) is 2.33. The number of piperazine rings is 1. The van der Waals surface area contributed by atoms with Gasteiger partial charge < -0.3 is 5.32 Å². The normalized spacial score (nSPS) is 24.5. The minimum absolute atomic E-state index is 0.0454. The van der Waals surface area contributed by atoms with Crippen molar-refractivity contribution in [1.82, 2.24) is 5.32 Å². The highest BCUT2D eigenvalue weighted by atomic mass is 32.2. The third-order valence-corrected chi connectivity index (χ3v) is 5.31. The van der Waals surface area contributed by atoms with Crippen LogP contribution in [-0.2, 0) is 9.59 Å². The van der Waals surface area contributed by atoms with Crippen LogP contribution >= 0.6 is 11.8 Å². The molecule has 1 unspecified atom stereocenters. The summed E-state index contributed by atoms with van der Waals surface area (Å²) in [6.45, 7) is 1.79. The van der Waals surface area contributed by atoms with E-state index in [0.717, 1.165) is 36.3 Å². The number of amides is 2. The maximum atomic E-state index is 13.0. The second-order valence-electron chi connectivity index (χ2n) is 5.83. The molecule has 1 aromatic rings. The van der Waals surface area contributed by atoms with Crippen LogP contribution in [0.15, 0.2) is 29.2 Å². The van der Waals surface area contributed by atoms with Crippen LogP contribution in [0.3, 0.4) is 0 Å². The maximum Gasteiger partial charge on any atom is 0.253 e. The van der Waals surface area contributed by atoms with Gasteiger partial charge in [0.1, 0.15) is 11.6 Å². The highest BCUT2D eigenvalue weighted by Crippen LogP contribution is 2.36. The van der Waals surface area contributed by atoms with Gasteiger partial charge in [0.15, 0.2) is 0 Å². The summed E-state index contributed by atoms with van der Waals surface area (Å²) in [6.07, 6.45) is 5.53. The van der Waals surface area contributed by atoms with Gasteiger partial charge in [0.25, 0.3) is 5.91 Å². The van der Waals surface area contributed by atoms with Gasteiger partial charge in [0.05, 0.1) is 0 Å². The number of benzene rings is 1. The second-order valence-corrected chi connectivity index (χ2v) is 6.71. The Morgan fingerprint density at radius 2 is 1.81 bits per heavy atom. The molecule has 1 heterocycles. The lowest BCUT2D eigenvalue weighted by molar-refractivity contribution is -0.137. The topological polar surface area (TPSA) is 49.4 Å². The van der Waals surface area contributed by atoms with Crippen LogP contribution in [0, 0.1) is 0 Å². The Morgan fingerprint density at radius 1 is 1.19 bits per heavy atom. The molecule has 2 fully saturated rings. The summed E-state index contributed by atoms with van der Waals surface area (Å²) in [7, 11) is 0. The van der Waals surface area contributed by atoms with E-state index >= 15 is 0 Å². The van der Waals surface area contributed by atoms with Crippen molar-refractivity contribution in [3.05, 3.63) is 24.3 Å². The highest BCUT2D eigenvalue weighted by Gasteiger charge is 2.51. The molecule has 1 N–H and O–H groups in total. The van der Waals surface area contributed by atoms with E-state index in [4.69, 9.17) is 0 Å². The minimum atomic E-state index is -0.665. The summed E-state index contributed by atoms with van der Waals surface area (Å²) < 4.78 is 0. The van der Waals surface area contributed by atoms with E-state index in [0.29, 0.717) is 0 Å². The lowest BCUT2D eigenvalue weighted by Crippen LogP contribution is -2.69. The van der Waals surface area contributed by atoms with Crippen molar-refractivity contribution in [2.45, 2.75) is 49.1 Å². The molecule has 1 saturated heterocycles. The van der Waals surface area contributed by atoms with E-state index in [1.54, 1.807) is 23.6 Å². The summed E-state index contributed by atoms with van der Waals surface area (Å²) in [5.41, 5.74) is 0.147. The molecule has 0 bridgehead atoms. The minimum Gasteiger partial charge on any atom is -0.340 e. The molecule has 0 radical (unpaired) electrons. The molecule has 0 aromatic heterocycles. The zero-order valence-electron chi connectivity index (χ0n) is 12.4. The first-order valence-corrected chi connectivity index (χ1v) is 8.60. The number of carbonyl (C=O) groups is 2. The monoisotopic (exact) mass is 304 g/mol. The molecule has 2 amide bonds. The van der Waals surface area contributed by atoms with Gasteiger partial charge in [0.2, 0.25) is 5.91 Å². The lowest BCUT2D eigenvalue weighted by Gasteiger charge is -2.43. The van der Waals surface area contributed by atoms with E-state index in [9.17, 15) is 9.59 Å². The zero-order chi connectivity index (χ0) is 15.0. The number of nitrogens with zero attached hydrogens (tertiary/aromatic N) is 1. The van der Waals surface area contributed by atoms with Gasteiger partial charge in [-0.05, 0) is 50.3 Å². The van der Waals surface area contributed by atoms with Crippen molar-refractivity contribution in [1.29, 1.82) is 0 Å². The molecule has 1 saturated carbocycles. The number of nitrogens with one attached hydrogen (secondary N) is 1. The molecule has 21 heavy (non-hydrogen) atoms. The predicted molar refractivity (Wildman–Crippen MR) is 84.5 cm³/mol.